The highest BCUT2D eigenvalue weighted by atomic mass is 35.5. The maximum atomic E-state index is 11.3. The van der Waals surface area contributed by atoms with Crippen LogP contribution >= 0.6 is 11.6 Å². The molecule has 0 aromatic heterocycles. The average Bonchev–Trinajstić information content (AvgIpc) is 3.01. The summed E-state index contributed by atoms with van der Waals surface area (Å²) in [5, 5.41) is 12.0. The van der Waals surface area contributed by atoms with E-state index in [1.807, 2.05) is 60.7 Å². The first-order valence-corrected chi connectivity index (χ1v) is 15.2. The van der Waals surface area contributed by atoms with E-state index in [9.17, 15) is 5.11 Å². The van der Waals surface area contributed by atoms with Crippen LogP contribution in [0.5, 0.6) is 5.75 Å². The molecule has 0 radical (unpaired) electrons. The predicted octanol–water partition coefficient (Wildman–Crippen LogP) is 8.10. The van der Waals surface area contributed by atoms with Crippen LogP contribution in [0.4, 0.5) is 0 Å². The van der Waals surface area contributed by atoms with Crippen LogP contribution in [-0.4, -0.2) is 36.1 Å². The smallest absolute Gasteiger partial charge is 0.123 e. The molecular weight excluding hydrogens is 560 g/mol. The van der Waals surface area contributed by atoms with Gasteiger partial charge in [0, 0.05) is 25.0 Å². The lowest BCUT2D eigenvalue weighted by atomic mass is 9.77. The summed E-state index contributed by atoms with van der Waals surface area (Å²) in [5.74, 6) is 0.825. The summed E-state index contributed by atoms with van der Waals surface area (Å²) >= 11 is 6.71. The Morgan fingerprint density at radius 3 is 2.14 bits per heavy atom. The van der Waals surface area contributed by atoms with Crippen LogP contribution in [0.3, 0.4) is 0 Å². The van der Waals surface area contributed by atoms with E-state index in [2.05, 4.69) is 42.5 Å². The van der Waals surface area contributed by atoms with Gasteiger partial charge in [0.25, 0.3) is 0 Å². The lowest BCUT2D eigenvalue weighted by Gasteiger charge is -2.50. The third-order valence-electron chi connectivity index (χ3n) is 8.23. The molecule has 0 aliphatic carbocycles. The van der Waals surface area contributed by atoms with Gasteiger partial charge in [0.15, 0.2) is 0 Å². The highest BCUT2D eigenvalue weighted by Crippen LogP contribution is 2.45. The number of ether oxygens (including phenoxy) is 4. The van der Waals surface area contributed by atoms with Crippen molar-refractivity contribution in [2.24, 2.45) is 0 Å². The van der Waals surface area contributed by atoms with E-state index in [1.165, 1.54) is 0 Å². The maximum Gasteiger partial charge on any atom is 0.123 e. The number of benzene rings is 4. The van der Waals surface area contributed by atoms with Crippen molar-refractivity contribution in [3.8, 4) is 5.75 Å². The molecule has 4 aromatic carbocycles. The van der Waals surface area contributed by atoms with Gasteiger partial charge in [-0.2, -0.15) is 0 Å². The highest BCUT2D eigenvalue weighted by molar-refractivity contribution is 6.31. The SMILES string of the molecule is COC[C@@]1(C(C)(C)O)CC(OCc2ccccc2)CC(c2ccc(Cl)c(Cc3ccc(OCc4ccccc4)cc3)c2)O1. The molecule has 0 bridgehead atoms. The lowest BCUT2D eigenvalue weighted by Crippen LogP contribution is -2.60. The predicted molar refractivity (Wildman–Crippen MR) is 170 cm³/mol. The summed E-state index contributed by atoms with van der Waals surface area (Å²) in [6, 6.07) is 34.5. The molecule has 0 saturated carbocycles. The molecule has 6 heteroatoms. The Labute approximate surface area is 260 Å². The second kappa shape index (κ2) is 14.1. The van der Waals surface area contributed by atoms with Crippen LogP contribution in [0.1, 0.15) is 60.6 Å². The average molecular weight is 601 g/mol. The molecule has 1 heterocycles. The molecule has 1 aliphatic rings. The van der Waals surface area contributed by atoms with E-state index in [0.717, 1.165) is 33.6 Å². The Balaban J connectivity index is 1.33. The minimum absolute atomic E-state index is 0.136. The molecule has 2 unspecified atom stereocenters. The van der Waals surface area contributed by atoms with Gasteiger partial charge >= 0.3 is 0 Å². The van der Waals surface area contributed by atoms with E-state index < -0.39 is 11.2 Å². The second-order valence-electron chi connectivity index (χ2n) is 11.9. The van der Waals surface area contributed by atoms with Crippen molar-refractivity contribution in [1.82, 2.24) is 0 Å². The fourth-order valence-electron chi connectivity index (χ4n) is 5.67. The van der Waals surface area contributed by atoms with Crippen molar-refractivity contribution in [2.45, 2.75) is 69.7 Å². The van der Waals surface area contributed by atoms with E-state index in [4.69, 9.17) is 30.5 Å². The second-order valence-corrected chi connectivity index (χ2v) is 12.3. The monoisotopic (exact) mass is 600 g/mol. The van der Waals surface area contributed by atoms with Gasteiger partial charge in [0.2, 0.25) is 0 Å². The number of rotatable bonds is 12. The zero-order valence-electron chi connectivity index (χ0n) is 25.2. The molecule has 43 heavy (non-hydrogen) atoms. The Kier molecular flexibility index (Phi) is 10.2. The number of aliphatic hydroxyl groups is 1. The molecule has 1 fully saturated rings. The molecule has 3 atom stereocenters. The summed E-state index contributed by atoms with van der Waals surface area (Å²) in [6.45, 7) is 4.83. The third-order valence-corrected chi connectivity index (χ3v) is 8.60. The molecule has 0 spiro atoms. The van der Waals surface area contributed by atoms with Crippen LogP contribution in [0.2, 0.25) is 5.02 Å². The zero-order valence-corrected chi connectivity index (χ0v) is 25.9. The van der Waals surface area contributed by atoms with Gasteiger partial charge < -0.3 is 24.1 Å². The Bertz CT molecular complexity index is 1440. The van der Waals surface area contributed by atoms with Gasteiger partial charge in [-0.3, -0.25) is 0 Å². The normalized spacial score (nSPS) is 20.6. The Hall–Kier alpha value is -3.19. The summed E-state index contributed by atoms with van der Waals surface area (Å²) in [6.07, 6.45) is 1.40. The minimum atomic E-state index is -1.16. The number of hydrogen-bond donors (Lipinski definition) is 1. The first kappa shape index (κ1) is 31.2. The molecule has 1 saturated heterocycles. The number of hydrogen-bond acceptors (Lipinski definition) is 5. The van der Waals surface area contributed by atoms with E-state index in [0.29, 0.717) is 37.5 Å². The Morgan fingerprint density at radius 2 is 1.51 bits per heavy atom. The fraction of sp³-hybridized carbons (Fsp3) is 0.351. The minimum Gasteiger partial charge on any atom is -0.489 e. The van der Waals surface area contributed by atoms with Crippen molar-refractivity contribution in [2.75, 3.05) is 13.7 Å². The van der Waals surface area contributed by atoms with Crippen LogP contribution in [0.25, 0.3) is 0 Å². The van der Waals surface area contributed by atoms with E-state index in [1.54, 1.807) is 21.0 Å². The van der Waals surface area contributed by atoms with Crippen LogP contribution in [-0.2, 0) is 33.8 Å². The largest absolute Gasteiger partial charge is 0.489 e. The van der Waals surface area contributed by atoms with Crippen LogP contribution in [0, 0.1) is 0 Å². The maximum absolute atomic E-state index is 11.3. The van der Waals surface area contributed by atoms with Crippen molar-refractivity contribution in [3.05, 3.63) is 136 Å². The summed E-state index contributed by atoms with van der Waals surface area (Å²) in [7, 11) is 1.64. The van der Waals surface area contributed by atoms with E-state index in [-0.39, 0.29) is 18.8 Å². The Morgan fingerprint density at radius 1 is 0.860 bits per heavy atom. The molecule has 5 nitrogen and oxygen atoms in total. The summed E-state index contributed by atoms with van der Waals surface area (Å²) in [5.41, 5.74) is 3.28. The molecule has 1 aliphatic heterocycles. The first-order valence-electron chi connectivity index (χ1n) is 14.8. The lowest BCUT2D eigenvalue weighted by molar-refractivity contribution is -0.260. The summed E-state index contributed by atoms with van der Waals surface area (Å²) < 4.78 is 24.8. The van der Waals surface area contributed by atoms with E-state index >= 15 is 0 Å². The van der Waals surface area contributed by atoms with Crippen LogP contribution in [0.15, 0.2) is 103 Å². The topological polar surface area (TPSA) is 57.2 Å². The van der Waals surface area contributed by atoms with Crippen molar-refractivity contribution in [1.29, 1.82) is 0 Å². The van der Waals surface area contributed by atoms with Gasteiger partial charge in [-0.1, -0.05) is 96.5 Å². The molecule has 226 valence electrons. The highest BCUT2D eigenvalue weighted by Gasteiger charge is 2.52. The molecule has 1 N–H and O–H groups in total. The number of methoxy groups -OCH3 is 1. The molecular formula is C37H41ClO5. The quantitative estimate of drug-likeness (QED) is 0.178. The zero-order chi connectivity index (χ0) is 30.3. The van der Waals surface area contributed by atoms with Crippen molar-refractivity contribution in [3.63, 3.8) is 0 Å². The standard InChI is InChI=1S/C37H41ClO5/c1-36(2,39)37(26-40-3)23-33(42-25-29-12-8-5-9-13-29)22-35(43-37)30-16-19-34(38)31(21-30)20-27-14-17-32(18-15-27)41-24-28-10-6-4-7-11-28/h4-19,21,33,35,39H,20,22-26H2,1-3H3/t33?,35?,37-/m1/s1. The summed E-state index contributed by atoms with van der Waals surface area (Å²) in [4.78, 5) is 0. The molecule has 4 aromatic rings. The van der Waals surface area contributed by atoms with Gasteiger partial charge in [-0.15, -0.1) is 0 Å². The van der Waals surface area contributed by atoms with Crippen molar-refractivity contribution < 1.29 is 24.1 Å². The molecule has 0 amide bonds. The third kappa shape index (κ3) is 8.05. The number of halogens is 1. The fourth-order valence-corrected chi connectivity index (χ4v) is 5.85. The van der Waals surface area contributed by atoms with Gasteiger partial charge in [-0.05, 0) is 66.3 Å². The van der Waals surface area contributed by atoms with Gasteiger partial charge in [-0.25, -0.2) is 0 Å². The van der Waals surface area contributed by atoms with Crippen LogP contribution < -0.4 is 4.74 Å². The first-order chi connectivity index (χ1) is 20.7. The van der Waals surface area contributed by atoms with Gasteiger partial charge in [0.1, 0.15) is 18.0 Å². The molecule has 5 rings (SSSR count). The van der Waals surface area contributed by atoms with Crippen molar-refractivity contribution >= 4 is 11.6 Å². The van der Waals surface area contributed by atoms with Gasteiger partial charge in [0.05, 0.1) is 31.0 Å².